The zero-order chi connectivity index (χ0) is 15.8. The van der Waals surface area contributed by atoms with Gasteiger partial charge < -0.3 is 4.90 Å². The van der Waals surface area contributed by atoms with Crippen LogP contribution in [0.2, 0.25) is 0 Å². The number of hydrogen-bond acceptors (Lipinski definition) is 4. The predicted octanol–water partition coefficient (Wildman–Crippen LogP) is 2.15. The van der Waals surface area contributed by atoms with Gasteiger partial charge in [0.15, 0.2) is 5.69 Å². The first-order valence-electron chi connectivity index (χ1n) is 7.00. The summed E-state index contributed by atoms with van der Waals surface area (Å²) < 4.78 is 23.2. The van der Waals surface area contributed by atoms with Gasteiger partial charge in [0.1, 0.15) is 4.90 Å². The molecule has 1 N–H and O–H groups in total. The van der Waals surface area contributed by atoms with Gasteiger partial charge in [-0.2, -0.15) is 5.10 Å². The van der Waals surface area contributed by atoms with Crippen molar-refractivity contribution in [1.29, 1.82) is 0 Å². The molecule has 0 radical (unpaired) electrons. The van der Waals surface area contributed by atoms with Crippen molar-refractivity contribution in [2.75, 3.05) is 13.1 Å². The topological polar surface area (TPSA) is 83.1 Å². The molecular formula is C13H20ClN3O3S. The van der Waals surface area contributed by atoms with E-state index >= 15 is 0 Å². The molecule has 1 amide bonds. The summed E-state index contributed by atoms with van der Waals surface area (Å²) in [5, 5.41) is 6.36. The van der Waals surface area contributed by atoms with Gasteiger partial charge in [-0.3, -0.25) is 9.89 Å². The second kappa shape index (κ2) is 5.96. The molecule has 1 aromatic heterocycles. The number of rotatable bonds is 3. The van der Waals surface area contributed by atoms with Crippen LogP contribution < -0.4 is 0 Å². The highest BCUT2D eigenvalue weighted by molar-refractivity contribution is 8.13. The Morgan fingerprint density at radius 3 is 2.43 bits per heavy atom. The van der Waals surface area contributed by atoms with E-state index in [0.29, 0.717) is 24.9 Å². The van der Waals surface area contributed by atoms with Crippen LogP contribution in [0.25, 0.3) is 0 Å². The molecule has 118 valence electrons. The first-order valence-corrected chi connectivity index (χ1v) is 9.31. The maximum atomic E-state index is 12.5. The van der Waals surface area contributed by atoms with E-state index in [1.54, 1.807) is 4.90 Å². The molecule has 0 bridgehead atoms. The Morgan fingerprint density at radius 1 is 1.38 bits per heavy atom. The first kappa shape index (κ1) is 16.3. The van der Waals surface area contributed by atoms with Crippen LogP contribution in [0.3, 0.4) is 0 Å². The molecule has 0 aliphatic carbocycles. The molecule has 0 aromatic carbocycles. The van der Waals surface area contributed by atoms with Crippen LogP contribution in [-0.2, 0) is 9.05 Å². The normalized spacial score (nSPS) is 17.5. The number of aromatic amines is 1. The third-order valence-corrected chi connectivity index (χ3v) is 5.56. The van der Waals surface area contributed by atoms with Crippen molar-refractivity contribution in [3.8, 4) is 0 Å². The molecule has 1 saturated heterocycles. The van der Waals surface area contributed by atoms with E-state index in [1.807, 2.05) is 0 Å². The van der Waals surface area contributed by atoms with Crippen LogP contribution >= 0.6 is 10.7 Å². The maximum Gasteiger partial charge on any atom is 0.275 e. The number of halogens is 1. The minimum absolute atomic E-state index is 0.106. The van der Waals surface area contributed by atoms with Crippen molar-refractivity contribution in [2.45, 2.75) is 38.5 Å². The molecule has 0 unspecified atom stereocenters. The van der Waals surface area contributed by atoms with Gasteiger partial charge in [0.25, 0.3) is 15.0 Å². The van der Waals surface area contributed by atoms with Crippen LogP contribution in [0.1, 0.15) is 42.9 Å². The quantitative estimate of drug-likeness (QED) is 0.859. The van der Waals surface area contributed by atoms with Gasteiger partial charge in [-0.25, -0.2) is 8.42 Å². The summed E-state index contributed by atoms with van der Waals surface area (Å²) in [7, 11) is 1.40. The fraction of sp³-hybridized carbons (Fsp3) is 0.692. The van der Waals surface area contributed by atoms with E-state index in [0.717, 1.165) is 12.8 Å². The highest BCUT2D eigenvalue weighted by atomic mass is 35.7. The molecule has 21 heavy (non-hydrogen) atoms. The lowest BCUT2D eigenvalue weighted by molar-refractivity contribution is 0.0658. The summed E-state index contributed by atoms with van der Waals surface area (Å²) in [4.78, 5) is 13.9. The van der Waals surface area contributed by atoms with Crippen LogP contribution in [0.15, 0.2) is 4.90 Å². The van der Waals surface area contributed by atoms with Crippen molar-refractivity contribution in [3.63, 3.8) is 0 Å². The van der Waals surface area contributed by atoms with E-state index in [2.05, 4.69) is 24.0 Å². The second-order valence-electron chi connectivity index (χ2n) is 5.84. The first-order chi connectivity index (χ1) is 9.71. The average molecular weight is 334 g/mol. The summed E-state index contributed by atoms with van der Waals surface area (Å²) >= 11 is 0. The Kier molecular flexibility index (Phi) is 4.63. The van der Waals surface area contributed by atoms with Gasteiger partial charge in [-0.15, -0.1) is 0 Å². The number of aromatic nitrogens is 2. The number of hydrogen-bond donors (Lipinski definition) is 1. The summed E-state index contributed by atoms with van der Waals surface area (Å²) in [6.07, 6.45) is 1.85. The number of aryl methyl sites for hydroxylation is 1. The van der Waals surface area contributed by atoms with E-state index in [1.165, 1.54) is 6.92 Å². The Morgan fingerprint density at radius 2 is 1.95 bits per heavy atom. The van der Waals surface area contributed by atoms with Crippen LogP contribution in [0, 0.1) is 18.8 Å². The molecule has 1 aliphatic rings. The lowest BCUT2D eigenvalue weighted by atomic mass is 9.86. The van der Waals surface area contributed by atoms with E-state index in [4.69, 9.17) is 10.7 Å². The average Bonchev–Trinajstić information content (AvgIpc) is 2.80. The van der Waals surface area contributed by atoms with Crippen molar-refractivity contribution < 1.29 is 13.2 Å². The second-order valence-corrected chi connectivity index (χ2v) is 8.34. The molecule has 1 fully saturated rings. The van der Waals surface area contributed by atoms with Crippen LogP contribution in [0.4, 0.5) is 0 Å². The molecule has 2 heterocycles. The summed E-state index contributed by atoms with van der Waals surface area (Å²) in [6, 6.07) is 0. The van der Waals surface area contributed by atoms with Gasteiger partial charge in [-0.05, 0) is 31.6 Å². The van der Waals surface area contributed by atoms with Gasteiger partial charge >= 0.3 is 0 Å². The Labute approximate surface area is 129 Å². The van der Waals surface area contributed by atoms with E-state index in [-0.39, 0.29) is 22.2 Å². The SMILES string of the molecule is Cc1[nH]nc(C(=O)N2CCC(C(C)C)CC2)c1S(=O)(=O)Cl. The van der Waals surface area contributed by atoms with Crippen LogP contribution in [0.5, 0.6) is 0 Å². The molecule has 2 rings (SSSR count). The number of amides is 1. The Balaban J connectivity index is 2.20. The monoisotopic (exact) mass is 333 g/mol. The van der Waals surface area contributed by atoms with Crippen molar-refractivity contribution in [1.82, 2.24) is 15.1 Å². The van der Waals surface area contributed by atoms with Gasteiger partial charge in [0.05, 0.1) is 5.69 Å². The van der Waals surface area contributed by atoms with Crippen molar-refractivity contribution in [2.24, 2.45) is 11.8 Å². The third kappa shape index (κ3) is 3.40. The number of carbonyl (C=O) groups excluding carboxylic acids is 1. The van der Waals surface area contributed by atoms with E-state index in [9.17, 15) is 13.2 Å². The third-order valence-electron chi connectivity index (χ3n) is 4.11. The highest BCUT2D eigenvalue weighted by Gasteiger charge is 2.32. The maximum absolute atomic E-state index is 12.5. The Bertz CT molecular complexity index is 631. The smallest absolute Gasteiger partial charge is 0.275 e. The number of likely N-dealkylation sites (tertiary alicyclic amines) is 1. The summed E-state index contributed by atoms with van der Waals surface area (Å²) in [5.41, 5.74) is 0.177. The molecule has 0 saturated carbocycles. The molecule has 6 nitrogen and oxygen atoms in total. The van der Waals surface area contributed by atoms with Gasteiger partial charge in [0, 0.05) is 23.8 Å². The molecule has 0 atom stereocenters. The minimum atomic E-state index is -4.00. The zero-order valence-corrected chi connectivity index (χ0v) is 14.0. The number of carbonyl (C=O) groups is 1. The lowest BCUT2D eigenvalue weighted by Gasteiger charge is -2.33. The molecule has 8 heteroatoms. The number of nitrogens with zero attached hydrogens (tertiary/aromatic N) is 2. The van der Waals surface area contributed by atoms with Gasteiger partial charge in [-0.1, -0.05) is 13.8 Å². The predicted molar refractivity (Wildman–Crippen MR) is 79.8 cm³/mol. The molecule has 1 aromatic rings. The summed E-state index contributed by atoms with van der Waals surface area (Å²) in [5.74, 6) is 0.820. The fourth-order valence-electron chi connectivity index (χ4n) is 2.78. The minimum Gasteiger partial charge on any atom is -0.337 e. The number of nitrogens with one attached hydrogen (secondary N) is 1. The highest BCUT2D eigenvalue weighted by Crippen LogP contribution is 2.27. The largest absolute Gasteiger partial charge is 0.337 e. The zero-order valence-electron chi connectivity index (χ0n) is 12.4. The van der Waals surface area contributed by atoms with Gasteiger partial charge in [0.2, 0.25) is 0 Å². The number of H-pyrrole nitrogens is 1. The molecule has 1 aliphatic heterocycles. The van der Waals surface area contributed by atoms with Crippen molar-refractivity contribution >= 4 is 25.6 Å². The van der Waals surface area contributed by atoms with E-state index < -0.39 is 9.05 Å². The standard InChI is InChI=1S/C13H20ClN3O3S/c1-8(2)10-4-6-17(7-5-10)13(18)11-12(21(14,19)20)9(3)15-16-11/h8,10H,4-7H2,1-3H3,(H,15,16). The van der Waals surface area contributed by atoms with Crippen LogP contribution in [-0.4, -0.2) is 42.5 Å². The number of piperidine rings is 1. The lowest BCUT2D eigenvalue weighted by Crippen LogP contribution is -2.40. The summed E-state index contributed by atoms with van der Waals surface area (Å²) in [6.45, 7) is 7.13. The Hall–Kier alpha value is -1.08. The van der Waals surface area contributed by atoms with Crippen molar-refractivity contribution in [3.05, 3.63) is 11.4 Å². The molecular weight excluding hydrogens is 314 g/mol. The fourth-order valence-corrected chi connectivity index (χ4v) is 4.12. The molecule has 0 spiro atoms.